The van der Waals surface area contributed by atoms with Crippen LogP contribution in [-0.4, -0.2) is 16.1 Å². The second-order valence-corrected chi connectivity index (χ2v) is 4.56. The van der Waals surface area contributed by atoms with E-state index in [9.17, 15) is 9.59 Å². The first-order valence-corrected chi connectivity index (χ1v) is 5.51. The van der Waals surface area contributed by atoms with Gasteiger partial charge in [-0.1, -0.05) is 13.8 Å². The van der Waals surface area contributed by atoms with Gasteiger partial charge in [-0.2, -0.15) is 0 Å². The first-order valence-electron chi connectivity index (χ1n) is 5.51. The molecule has 2 atom stereocenters. The summed E-state index contributed by atoms with van der Waals surface area (Å²) in [6.45, 7) is 4.03. The minimum Gasteiger partial charge on any atom is -0.478 e. The first kappa shape index (κ1) is 10.9. The topological polar surface area (TPSA) is 70.2 Å². The van der Waals surface area contributed by atoms with E-state index in [2.05, 4.69) is 4.98 Å². The molecule has 0 amide bonds. The van der Waals surface area contributed by atoms with Gasteiger partial charge in [-0.25, -0.2) is 4.79 Å². The van der Waals surface area contributed by atoms with Gasteiger partial charge in [0.15, 0.2) is 0 Å². The van der Waals surface area contributed by atoms with E-state index in [0.717, 1.165) is 24.1 Å². The Labute approximate surface area is 93.3 Å². The highest BCUT2D eigenvalue weighted by molar-refractivity contribution is 5.89. The Morgan fingerprint density at radius 2 is 2.00 bits per heavy atom. The quantitative estimate of drug-likeness (QED) is 0.762. The lowest BCUT2D eigenvalue weighted by Crippen LogP contribution is -2.23. The molecule has 0 aliphatic heterocycles. The van der Waals surface area contributed by atoms with Crippen LogP contribution in [0.1, 0.15) is 60.1 Å². The Morgan fingerprint density at radius 3 is 2.62 bits per heavy atom. The van der Waals surface area contributed by atoms with Gasteiger partial charge >= 0.3 is 5.97 Å². The maximum absolute atomic E-state index is 11.4. The number of carboxylic acid groups (broad SMARTS) is 1. The maximum atomic E-state index is 11.4. The molecule has 0 saturated carbocycles. The van der Waals surface area contributed by atoms with Crippen LogP contribution in [0.5, 0.6) is 0 Å². The van der Waals surface area contributed by atoms with Crippen LogP contribution >= 0.6 is 0 Å². The van der Waals surface area contributed by atoms with Crippen molar-refractivity contribution in [3.63, 3.8) is 0 Å². The first-order chi connectivity index (χ1) is 7.50. The van der Waals surface area contributed by atoms with Gasteiger partial charge in [0, 0.05) is 11.8 Å². The summed E-state index contributed by atoms with van der Waals surface area (Å²) in [5.41, 5.74) is 1.46. The maximum Gasteiger partial charge on any atom is 0.336 e. The standard InChI is InChI=1S/C12H15NO3/c1-6-3-4-7(2)11-10(6)8(12(15)16)5-9(14)13-11/h5-7H,3-4H2,1-2H3,(H,13,14)(H,15,16). The van der Waals surface area contributed by atoms with Crippen molar-refractivity contribution in [2.24, 2.45) is 0 Å². The van der Waals surface area contributed by atoms with Crippen molar-refractivity contribution in [1.82, 2.24) is 4.98 Å². The fourth-order valence-electron chi connectivity index (χ4n) is 2.48. The summed E-state index contributed by atoms with van der Waals surface area (Å²) in [5.74, 6) is -0.573. The van der Waals surface area contributed by atoms with E-state index in [1.54, 1.807) is 0 Å². The van der Waals surface area contributed by atoms with Crippen LogP contribution in [-0.2, 0) is 0 Å². The summed E-state index contributed by atoms with van der Waals surface area (Å²) in [4.78, 5) is 25.3. The van der Waals surface area contributed by atoms with Gasteiger partial charge in [0.2, 0.25) is 5.56 Å². The van der Waals surface area contributed by atoms with Crippen LogP contribution in [0.3, 0.4) is 0 Å². The molecule has 0 spiro atoms. The Balaban J connectivity index is 2.73. The normalized spacial score (nSPS) is 23.9. The fraction of sp³-hybridized carbons (Fsp3) is 0.500. The molecule has 1 aromatic heterocycles. The lowest BCUT2D eigenvalue weighted by atomic mass is 9.79. The minimum absolute atomic E-state index is 0.165. The van der Waals surface area contributed by atoms with Gasteiger partial charge in [0.1, 0.15) is 0 Å². The number of carboxylic acids is 1. The zero-order valence-electron chi connectivity index (χ0n) is 9.41. The molecule has 86 valence electrons. The summed E-state index contributed by atoms with van der Waals surface area (Å²) >= 11 is 0. The number of hydrogen-bond acceptors (Lipinski definition) is 2. The third kappa shape index (κ3) is 1.64. The third-order valence-corrected chi connectivity index (χ3v) is 3.36. The Kier molecular flexibility index (Phi) is 2.58. The van der Waals surface area contributed by atoms with E-state index in [0.29, 0.717) is 0 Å². The molecule has 0 saturated heterocycles. The monoisotopic (exact) mass is 221 g/mol. The molecule has 1 heterocycles. The predicted octanol–water partition coefficient (Wildman–Crippen LogP) is 2.07. The molecule has 0 radical (unpaired) electrons. The van der Waals surface area contributed by atoms with Crippen LogP contribution in [0.25, 0.3) is 0 Å². The average Bonchev–Trinajstić information content (AvgIpc) is 2.22. The third-order valence-electron chi connectivity index (χ3n) is 3.36. The predicted molar refractivity (Wildman–Crippen MR) is 60.1 cm³/mol. The number of aromatic amines is 1. The summed E-state index contributed by atoms with van der Waals surface area (Å²) < 4.78 is 0. The highest BCUT2D eigenvalue weighted by atomic mass is 16.4. The van der Waals surface area contributed by atoms with Crippen molar-refractivity contribution in [2.45, 2.75) is 38.5 Å². The lowest BCUT2D eigenvalue weighted by Gasteiger charge is -2.28. The van der Waals surface area contributed by atoms with Gasteiger partial charge in [0.05, 0.1) is 5.56 Å². The lowest BCUT2D eigenvalue weighted by molar-refractivity contribution is 0.0694. The zero-order chi connectivity index (χ0) is 11.9. The average molecular weight is 221 g/mol. The highest BCUT2D eigenvalue weighted by Crippen LogP contribution is 2.38. The van der Waals surface area contributed by atoms with Gasteiger partial charge in [-0.3, -0.25) is 4.79 Å². The highest BCUT2D eigenvalue weighted by Gasteiger charge is 2.27. The molecule has 4 heteroatoms. The summed E-state index contributed by atoms with van der Waals surface area (Å²) in [6, 6.07) is 1.19. The second-order valence-electron chi connectivity index (χ2n) is 4.56. The van der Waals surface area contributed by atoms with E-state index in [1.165, 1.54) is 6.07 Å². The molecule has 2 unspecified atom stereocenters. The minimum atomic E-state index is -1.01. The van der Waals surface area contributed by atoms with Crippen LogP contribution in [0.4, 0.5) is 0 Å². The number of H-pyrrole nitrogens is 1. The van der Waals surface area contributed by atoms with Crippen LogP contribution in [0.15, 0.2) is 10.9 Å². The van der Waals surface area contributed by atoms with Crippen LogP contribution in [0, 0.1) is 0 Å². The summed E-state index contributed by atoms with van der Waals surface area (Å²) in [5, 5.41) is 9.12. The Hall–Kier alpha value is -1.58. The van der Waals surface area contributed by atoms with Crippen molar-refractivity contribution in [3.8, 4) is 0 Å². The van der Waals surface area contributed by atoms with E-state index >= 15 is 0 Å². The molecule has 1 aliphatic carbocycles. The van der Waals surface area contributed by atoms with Crippen LogP contribution in [0.2, 0.25) is 0 Å². The molecule has 0 bridgehead atoms. The van der Waals surface area contributed by atoms with Crippen LogP contribution < -0.4 is 5.56 Å². The number of fused-ring (bicyclic) bond motifs is 1. The molecule has 1 aliphatic rings. The Bertz CT molecular complexity index is 490. The number of rotatable bonds is 1. The van der Waals surface area contributed by atoms with Gasteiger partial charge in [-0.15, -0.1) is 0 Å². The zero-order valence-corrected chi connectivity index (χ0v) is 9.41. The van der Waals surface area contributed by atoms with Gasteiger partial charge in [0.25, 0.3) is 0 Å². The smallest absolute Gasteiger partial charge is 0.336 e. The number of aromatic carboxylic acids is 1. The fourth-order valence-corrected chi connectivity index (χ4v) is 2.48. The molecule has 0 aromatic carbocycles. The number of carbonyl (C=O) groups is 1. The molecule has 1 aromatic rings. The largest absolute Gasteiger partial charge is 0.478 e. The Morgan fingerprint density at radius 1 is 1.38 bits per heavy atom. The van der Waals surface area contributed by atoms with E-state index in [4.69, 9.17) is 5.11 Å². The molecular weight excluding hydrogens is 206 g/mol. The summed E-state index contributed by atoms with van der Waals surface area (Å²) in [6.07, 6.45) is 1.97. The van der Waals surface area contributed by atoms with Crippen molar-refractivity contribution in [3.05, 3.63) is 33.2 Å². The van der Waals surface area contributed by atoms with E-state index in [-0.39, 0.29) is 23.0 Å². The molecule has 2 N–H and O–H groups in total. The van der Waals surface area contributed by atoms with Crippen molar-refractivity contribution in [1.29, 1.82) is 0 Å². The second kappa shape index (κ2) is 3.77. The SMILES string of the molecule is CC1CCC(C)c2c(C(=O)O)cc(=O)[nH]c21. The number of nitrogens with one attached hydrogen (secondary N) is 1. The van der Waals surface area contributed by atoms with Crippen molar-refractivity contribution < 1.29 is 9.90 Å². The van der Waals surface area contributed by atoms with E-state index in [1.807, 2.05) is 13.8 Å². The molecule has 2 rings (SSSR count). The van der Waals surface area contributed by atoms with Gasteiger partial charge in [-0.05, 0) is 30.2 Å². The van der Waals surface area contributed by atoms with Crippen molar-refractivity contribution >= 4 is 5.97 Å². The number of hydrogen-bond donors (Lipinski definition) is 2. The molecular formula is C12H15NO3. The molecule has 0 fully saturated rings. The van der Waals surface area contributed by atoms with E-state index < -0.39 is 5.97 Å². The number of pyridine rings is 1. The number of aromatic nitrogens is 1. The molecule has 4 nitrogen and oxygen atoms in total. The van der Waals surface area contributed by atoms with Gasteiger partial charge < -0.3 is 10.1 Å². The summed E-state index contributed by atoms with van der Waals surface area (Å²) in [7, 11) is 0. The van der Waals surface area contributed by atoms with Crippen molar-refractivity contribution in [2.75, 3.05) is 0 Å². The molecule has 16 heavy (non-hydrogen) atoms.